The summed E-state index contributed by atoms with van der Waals surface area (Å²) in [7, 11) is -4.08. The number of nitrogens with zero attached hydrogens (tertiary/aromatic N) is 1. The maximum absolute atomic E-state index is 13.4. The third-order valence-corrected chi connectivity index (χ3v) is 6.74. The average molecular weight is 492 g/mol. The standard InChI is InChI=1S/C28H26FNO4S/c1-20(2)18-30(28(31)24-10-9-22-5-3-4-6-23(22)17-24)19-21-7-13-26(14-8-21)34-35(32,33)27-15-11-25(29)12-16-27/h3-17,20H,18-19H2,1-2H3. The van der Waals surface area contributed by atoms with Crippen LogP contribution in [0, 0.1) is 11.7 Å². The van der Waals surface area contributed by atoms with Gasteiger partial charge in [-0.25, -0.2) is 4.39 Å². The smallest absolute Gasteiger partial charge is 0.339 e. The van der Waals surface area contributed by atoms with Gasteiger partial charge in [-0.1, -0.05) is 56.3 Å². The zero-order chi connectivity index (χ0) is 25.0. The Bertz CT molecular complexity index is 1430. The summed E-state index contributed by atoms with van der Waals surface area (Å²) >= 11 is 0. The molecule has 0 heterocycles. The Balaban J connectivity index is 1.50. The normalized spacial score (nSPS) is 11.5. The first-order chi connectivity index (χ1) is 16.7. The van der Waals surface area contributed by atoms with Crippen molar-refractivity contribution in [3.8, 4) is 5.75 Å². The number of carbonyl (C=O) groups excluding carboxylic acids is 1. The highest BCUT2D eigenvalue weighted by Crippen LogP contribution is 2.22. The SMILES string of the molecule is CC(C)CN(Cc1ccc(OS(=O)(=O)c2ccc(F)cc2)cc1)C(=O)c1ccc2ccccc2c1. The van der Waals surface area contributed by atoms with E-state index in [4.69, 9.17) is 4.18 Å². The number of benzene rings is 4. The first kappa shape index (κ1) is 24.4. The molecule has 0 aliphatic carbocycles. The molecule has 0 N–H and O–H groups in total. The summed E-state index contributed by atoms with van der Waals surface area (Å²) in [6, 6.07) is 24.6. The second kappa shape index (κ2) is 10.3. The third kappa shape index (κ3) is 6.05. The van der Waals surface area contributed by atoms with Crippen LogP contribution in [0.3, 0.4) is 0 Å². The minimum Gasteiger partial charge on any atom is -0.379 e. The summed E-state index contributed by atoms with van der Waals surface area (Å²) in [5.74, 6) is -0.196. The molecule has 180 valence electrons. The highest BCUT2D eigenvalue weighted by molar-refractivity contribution is 7.87. The summed E-state index contributed by atoms with van der Waals surface area (Å²) < 4.78 is 43.2. The first-order valence-electron chi connectivity index (χ1n) is 11.3. The zero-order valence-electron chi connectivity index (χ0n) is 19.5. The van der Waals surface area contributed by atoms with Gasteiger partial charge >= 0.3 is 10.1 Å². The summed E-state index contributed by atoms with van der Waals surface area (Å²) in [5.41, 5.74) is 1.46. The van der Waals surface area contributed by atoms with Gasteiger partial charge in [0.2, 0.25) is 0 Å². The molecular weight excluding hydrogens is 465 g/mol. The molecule has 5 nitrogen and oxygen atoms in total. The Kier molecular flexibility index (Phi) is 7.17. The molecule has 4 rings (SSSR count). The molecule has 4 aromatic carbocycles. The number of halogens is 1. The van der Waals surface area contributed by atoms with Crippen LogP contribution in [0.4, 0.5) is 4.39 Å². The van der Waals surface area contributed by atoms with Gasteiger partial charge in [-0.3, -0.25) is 4.79 Å². The van der Waals surface area contributed by atoms with Gasteiger partial charge in [0.25, 0.3) is 5.91 Å². The number of amides is 1. The van der Waals surface area contributed by atoms with Gasteiger partial charge in [0.15, 0.2) is 0 Å². The molecule has 0 radical (unpaired) electrons. The molecule has 0 saturated heterocycles. The maximum Gasteiger partial charge on any atom is 0.339 e. The molecule has 4 aromatic rings. The van der Waals surface area contributed by atoms with Crippen molar-refractivity contribution >= 4 is 26.8 Å². The van der Waals surface area contributed by atoms with E-state index in [1.807, 2.05) is 42.5 Å². The van der Waals surface area contributed by atoms with E-state index in [1.165, 1.54) is 0 Å². The lowest BCUT2D eigenvalue weighted by Gasteiger charge is -2.25. The predicted octanol–water partition coefficient (Wildman–Crippen LogP) is 6.05. The lowest BCUT2D eigenvalue weighted by molar-refractivity contribution is 0.0723. The van der Waals surface area contributed by atoms with Gasteiger partial charge in [0.1, 0.15) is 16.5 Å². The van der Waals surface area contributed by atoms with Crippen molar-refractivity contribution in [3.05, 3.63) is 108 Å². The molecule has 0 fully saturated rings. The zero-order valence-corrected chi connectivity index (χ0v) is 20.3. The Morgan fingerprint density at radius 2 is 1.54 bits per heavy atom. The third-order valence-electron chi connectivity index (χ3n) is 5.47. The Morgan fingerprint density at radius 3 is 2.20 bits per heavy atom. The van der Waals surface area contributed by atoms with E-state index in [1.54, 1.807) is 29.2 Å². The molecule has 0 saturated carbocycles. The fraction of sp³-hybridized carbons (Fsp3) is 0.179. The number of hydrogen-bond donors (Lipinski definition) is 0. The van der Waals surface area contributed by atoms with E-state index in [0.29, 0.717) is 18.7 Å². The van der Waals surface area contributed by atoms with Crippen molar-refractivity contribution in [1.29, 1.82) is 0 Å². The summed E-state index contributed by atoms with van der Waals surface area (Å²) in [4.78, 5) is 15.0. The van der Waals surface area contributed by atoms with Crippen LogP contribution in [-0.4, -0.2) is 25.8 Å². The summed E-state index contributed by atoms with van der Waals surface area (Å²) in [5, 5.41) is 2.08. The number of hydrogen-bond acceptors (Lipinski definition) is 4. The molecule has 0 aliphatic rings. The molecular formula is C28H26FNO4S. The van der Waals surface area contributed by atoms with Gasteiger partial charge in [0.05, 0.1) is 0 Å². The molecule has 0 aliphatic heterocycles. The van der Waals surface area contributed by atoms with Crippen LogP contribution in [0.15, 0.2) is 95.9 Å². The van der Waals surface area contributed by atoms with Crippen molar-refractivity contribution in [2.24, 2.45) is 5.92 Å². The first-order valence-corrected chi connectivity index (χ1v) is 12.7. The van der Waals surface area contributed by atoms with Crippen LogP contribution in [0.1, 0.15) is 29.8 Å². The van der Waals surface area contributed by atoms with Gasteiger partial charge in [-0.2, -0.15) is 8.42 Å². The number of carbonyl (C=O) groups is 1. The minimum absolute atomic E-state index is 0.0660. The molecule has 0 bridgehead atoms. The lowest BCUT2D eigenvalue weighted by Crippen LogP contribution is -2.33. The van der Waals surface area contributed by atoms with Crippen molar-refractivity contribution in [2.75, 3.05) is 6.54 Å². The highest BCUT2D eigenvalue weighted by Gasteiger charge is 2.19. The van der Waals surface area contributed by atoms with E-state index >= 15 is 0 Å². The van der Waals surface area contributed by atoms with Crippen LogP contribution < -0.4 is 4.18 Å². The number of rotatable bonds is 8. The maximum atomic E-state index is 13.4. The Hall–Kier alpha value is -3.71. The molecule has 0 unspecified atom stereocenters. The molecule has 0 atom stereocenters. The molecule has 35 heavy (non-hydrogen) atoms. The fourth-order valence-corrected chi connectivity index (χ4v) is 4.74. The minimum atomic E-state index is -4.08. The van der Waals surface area contributed by atoms with E-state index in [2.05, 4.69) is 13.8 Å². The van der Waals surface area contributed by atoms with Crippen LogP contribution in [0.2, 0.25) is 0 Å². The number of fused-ring (bicyclic) bond motifs is 1. The fourth-order valence-electron chi connectivity index (χ4n) is 3.81. The van der Waals surface area contributed by atoms with Crippen molar-refractivity contribution in [3.63, 3.8) is 0 Å². The predicted molar refractivity (Wildman–Crippen MR) is 134 cm³/mol. The summed E-state index contributed by atoms with van der Waals surface area (Å²) in [6.45, 7) is 5.05. The van der Waals surface area contributed by atoms with E-state index in [0.717, 1.165) is 40.6 Å². The molecule has 7 heteroatoms. The van der Waals surface area contributed by atoms with Gasteiger partial charge < -0.3 is 9.08 Å². The monoisotopic (exact) mass is 491 g/mol. The van der Waals surface area contributed by atoms with Gasteiger partial charge in [-0.15, -0.1) is 0 Å². The Labute approximate surface area is 204 Å². The topological polar surface area (TPSA) is 63.7 Å². The van der Waals surface area contributed by atoms with E-state index in [-0.39, 0.29) is 22.5 Å². The second-order valence-electron chi connectivity index (χ2n) is 8.78. The Morgan fingerprint density at radius 1 is 0.886 bits per heavy atom. The average Bonchev–Trinajstić information content (AvgIpc) is 2.84. The van der Waals surface area contributed by atoms with Gasteiger partial charge in [-0.05, 0) is 70.8 Å². The van der Waals surface area contributed by atoms with Crippen molar-refractivity contribution < 1.29 is 21.8 Å². The molecule has 0 aromatic heterocycles. The van der Waals surface area contributed by atoms with Crippen LogP contribution in [0.25, 0.3) is 10.8 Å². The van der Waals surface area contributed by atoms with E-state index in [9.17, 15) is 17.6 Å². The van der Waals surface area contributed by atoms with E-state index < -0.39 is 15.9 Å². The largest absolute Gasteiger partial charge is 0.379 e. The molecule has 1 amide bonds. The highest BCUT2D eigenvalue weighted by atomic mass is 32.2. The lowest BCUT2D eigenvalue weighted by atomic mass is 10.1. The van der Waals surface area contributed by atoms with Crippen molar-refractivity contribution in [1.82, 2.24) is 4.90 Å². The quantitative estimate of drug-likeness (QED) is 0.282. The second-order valence-corrected chi connectivity index (χ2v) is 10.3. The van der Waals surface area contributed by atoms with Gasteiger partial charge in [0, 0.05) is 18.7 Å². The van der Waals surface area contributed by atoms with Crippen LogP contribution in [-0.2, 0) is 16.7 Å². The molecule has 0 spiro atoms. The van der Waals surface area contributed by atoms with Crippen LogP contribution in [0.5, 0.6) is 5.75 Å². The van der Waals surface area contributed by atoms with Crippen LogP contribution >= 0.6 is 0 Å². The summed E-state index contributed by atoms with van der Waals surface area (Å²) in [6.07, 6.45) is 0. The van der Waals surface area contributed by atoms with Crippen molar-refractivity contribution in [2.45, 2.75) is 25.3 Å².